The predicted molar refractivity (Wildman–Crippen MR) is 73.5 cm³/mol. The van der Waals surface area contributed by atoms with Crippen LogP contribution < -0.4 is 5.73 Å². The Hall–Kier alpha value is 0.310. The first-order valence-electron chi connectivity index (χ1n) is 6.29. The van der Waals surface area contributed by atoms with E-state index in [4.69, 9.17) is 5.73 Å². The molecule has 0 aliphatic carbocycles. The van der Waals surface area contributed by atoms with Crippen molar-refractivity contribution in [2.24, 2.45) is 17.1 Å². The summed E-state index contributed by atoms with van der Waals surface area (Å²) in [5.74, 6) is 3.54. The summed E-state index contributed by atoms with van der Waals surface area (Å²) in [5, 5.41) is 0. The van der Waals surface area contributed by atoms with Gasteiger partial charge in [-0.05, 0) is 42.2 Å². The van der Waals surface area contributed by atoms with Crippen LogP contribution in [-0.4, -0.2) is 18.1 Å². The Labute approximate surface area is 101 Å². The zero-order valence-electron chi connectivity index (χ0n) is 11.0. The summed E-state index contributed by atoms with van der Waals surface area (Å²) in [5.41, 5.74) is 6.05. The molecule has 0 saturated carbocycles. The maximum absolute atomic E-state index is 5.70. The number of rotatable bonds is 9. The van der Waals surface area contributed by atoms with Gasteiger partial charge in [0, 0.05) is 0 Å². The van der Waals surface area contributed by atoms with Gasteiger partial charge in [-0.3, -0.25) is 0 Å². The highest BCUT2D eigenvalue weighted by Crippen LogP contribution is 2.22. The first-order chi connectivity index (χ1) is 7.02. The molecule has 2 heteroatoms. The number of thioether (sulfide) groups is 1. The van der Waals surface area contributed by atoms with Gasteiger partial charge in [-0.15, -0.1) is 0 Å². The SMILES string of the molecule is CCC(C)CSCCCCC(C)(C)CN. The minimum Gasteiger partial charge on any atom is -0.330 e. The Morgan fingerprint density at radius 2 is 1.93 bits per heavy atom. The van der Waals surface area contributed by atoms with E-state index in [1.165, 1.54) is 37.2 Å². The van der Waals surface area contributed by atoms with E-state index in [9.17, 15) is 0 Å². The van der Waals surface area contributed by atoms with Crippen LogP contribution in [0.4, 0.5) is 0 Å². The maximum atomic E-state index is 5.70. The largest absolute Gasteiger partial charge is 0.330 e. The number of nitrogens with two attached hydrogens (primary N) is 1. The van der Waals surface area contributed by atoms with Crippen LogP contribution in [0.1, 0.15) is 53.4 Å². The molecule has 0 radical (unpaired) electrons. The third-order valence-electron chi connectivity index (χ3n) is 3.04. The number of hydrogen-bond acceptors (Lipinski definition) is 2. The second kappa shape index (κ2) is 8.46. The average molecular weight is 231 g/mol. The van der Waals surface area contributed by atoms with Crippen LogP contribution in [0.5, 0.6) is 0 Å². The first-order valence-corrected chi connectivity index (χ1v) is 7.45. The van der Waals surface area contributed by atoms with E-state index in [0.29, 0.717) is 5.41 Å². The Morgan fingerprint density at radius 3 is 2.47 bits per heavy atom. The molecule has 2 N–H and O–H groups in total. The summed E-state index contributed by atoms with van der Waals surface area (Å²) in [6.45, 7) is 9.95. The van der Waals surface area contributed by atoms with Gasteiger partial charge in [-0.25, -0.2) is 0 Å². The fourth-order valence-electron chi connectivity index (χ4n) is 1.31. The molecule has 0 aromatic heterocycles. The summed E-state index contributed by atoms with van der Waals surface area (Å²) in [6.07, 6.45) is 5.27. The van der Waals surface area contributed by atoms with E-state index in [0.717, 1.165) is 12.5 Å². The van der Waals surface area contributed by atoms with Crippen molar-refractivity contribution >= 4 is 11.8 Å². The summed E-state index contributed by atoms with van der Waals surface area (Å²) in [4.78, 5) is 0. The Kier molecular flexibility index (Phi) is 8.64. The molecule has 0 amide bonds. The van der Waals surface area contributed by atoms with Crippen LogP contribution in [0.15, 0.2) is 0 Å². The molecule has 0 fully saturated rings. The smallest absolute Gasteiger partial charge is 0.00258 e. The molecule has 1 unspecified atom stereocenters. The van der Waals surface area contributed by atoms with Crippen molar-refractivity contribution in [1.29, 1.82) is 0 Å². The van der Waals surface area contributed by atoms with Crippen LogP contribution in [0.2, 0.25) is 0 Å². The summed E-state index contributed by atoms with van der Waals surface area (Å²) >= 11 is 2.11. The number of unbranched alkanes of at least 4 members (excludes halogenated alkanes) is 1. The predicted octanol–water partition coefficient (Wildman–Crippen LogP) is 3.92. The van der Waals surface area contributed by atoms with Crippen LogP contribution in [0.25, 0.3) is 0 Å². The molecule has 0 heterocycles. The van der Waals surface area contributed by atoms with Crippen molar-refractivity contribution in [1.82, 2.24) is 0 Å². The van der Waals surface area contributed by atoms with Gasteiger partial charge >= 0.3 is 0 Å². The van der Waals surface area contributed by atoms with E-state index in [2.05, 4.69) is 39.5 Å². The monoisotopic (exact) mass is 231 g/mol. The lowest BCUT2D eigenvalue weighted by molar-refractivity contribution is 0.336. The van der Waals surface area contributed by atoms with E-state index < -0.39 is 0 Å². The highest BCUT2D eigenvalue weighted by molar-refractivity contribution is 7.99. The van der Waals surface area contributed by atoms with Crippen LogP contribution in [0, 0.1) is 11.3 Å². The lowest BCUT2D eigenvalue weighted by atomic mass is 9.88. The van der Waals surface area contributed by atoms with Crippen molar-refractivity contribution in [2.45, 2.75) is 53.4 Å². The van der Waals surface area contributed by atoms with E-state index in [-0.39, 0.29) is 0 Å². The minimum absolute atomic E-state index is 0.349. The molecule has 0 aliphatic heterocycles. The molecule has 0 aromatic rings. The topological polar surface area (TPSA) is 26.0 Å². The lowest BCUT2D eigenvalue weighted by Crippen LogP contribution is -2.23. The van der Waals surface area contributed by atoms with Gasteiger partial charge in [0.2, 0.25) is 0 Å². The van der Waals surface area contributed by atoms with E-state index >= 15 is 0 Å². The van der Waals surface area contributed by atoms with Crippen molar-refractivity contribution < 1.29 is 0 Å². The van der Waals surface area contributed by atoms with Gasteiger partial charge < -0.3 is 5.73 Å². The molecule has 1 nitrogen and oxygen atoms in total. The highest BCUT2D eigenvalue weighted by atomic mass is 32.2. The second-order valence-electron chi connectivity index (χ2n) is 5.41. The van der Waals surface area contributed by atoms with Gasteiger partial charge in [-0.1, -0.05) is 40.5 Å². The van der Waals surface area contributed by atoms with Crippen LogP contribution in [0.3, 0.4) is 0 Å². The Morgan fingerprint density at radius 1 is 1.27 bits per heavy atom. The minimum atomic E-state index is 0.349. The third-order valence-corrected chi connectivity index (χ3v) is 4.43. The van der Waals surface area contributed by atoms with E-state index in [1.54, 1.807) is 0 Å². The standard InChI is InChI=1S/C13H29NS/c1-5-12(2)10-15-9-7-6-8-13(3,4)11-14/h12H,5-11,14H2,1-4H3. The van der Waals surface area contributed by atoms with Crippen LogP contribution >= 0.6 is 11.8 Å². The van der Waals surface area contributed by atoms with Crippen molar-refractivity contribution in [3.8, 4) is 0 Å². The van der Waals surface area contributed by atoms with Gasteiger partial charge in [-0.2, -0.15) is 11.8 Å². The van der Waals surface area contributed by atoms with Gasteiger partial charge in [0.1, 0.15) is 0 Å². The molecule has 0 aromatic carbocycles. The molecule has 0 saturated heterocycles. The summed E-state index contributed by atoms with van der Waals surface area (Å²) in [7, 11) is 0. The zero-order chi connectivity index (χ0) is 11.7. The van der Waals surface area contributed by atoms with Gasteiger partial charge in [0.05, 0.1) is 0 Å². The van der Waals surface area contributed by atoms with E-state index in [1.807, 2.05) is 0 Å². The third kappa shape index (κ3) is 9.25. The van der Waals surface area contributed by atoms with Crippen molar-refractivity contribution in [3.05, 3.63) is 0 Å². The molecule has 0 spiro atoms. The molecule has 15 heavy (non-hydrogen) atoms. The van der Waals surface area contributed by atoms with Crippen LogP contribution in [-0.2, 0) is 0 Å². The molecule has 0 bridgehead atoms. The summed E-state index contributed by atoms with van der Waals surface area (Å²) in [6, 6.07) is 0. The molecular formula is C13H29NS. The lowest BCUT2D eigenvalue weighted by Gasteiger charge is -2.21. The Bertz CT molecular complexity index is 145. The second-order valence-corrected chi connectivity index (χ2v) is 6.56. The zero-order valence-corrected chi connectivity index (χ0v) is 11.8. The average Bonchev–Trinajstić information content (AvgIpc) is 2.22. The molecule has 0 aliphatic rings. The fraction of sp³-hybridized carbons (Fsp3) is 1.00. The molecule has 0 rings (SSSR count). The highest BCUT2D eigenvalue weighted by Gasteiger charge is 2.14. The fourth-order valence-corrected chi connectivity index (χ4v) is 2.53. The van der Waals surface area contributed by atoms with Crippen molar-refractivity contribution in [2.75, 3.05) is 18.1 Å². The Balaban J connectivity index is 3.25. The van der Waals surface area contributed by atoms with Crippen molar-refractivity contribution in [3.63, 3.8) is 0 Å². The van der Waals surface area contributed by atoms with Gasteiger partial charge in [0.15, 0.2) is 0 Å². The maximum Gasteiger partial charge on any atom is -0.00258 e. The molecular weight excluding hydrogens is 202 g/mol. The quantitative estimate of drug-likeness (QED) is 0.609. The molecule has 1 atom stereocenters. The summed E-state index contributed by atoms with van der Waals surface area (Å²) < 4.78 is 0. The number of hydrogen-bond donors (Lipinski definition) is 1. The van der Waals surface area contributed by atoms with Gasteiger partial charge in [0.25, 0.3) is 0 Å². The normalized spacial score (nSPS) is 14.2. The first kappa shape index (κ1) is 15.3. The molecule has 92 valence electrons.